The van der Waals surface area contributed by atoms with Gasteiger partial charge in [0.25, 0.3) is 0 Å². The highest BCUT2D eigenvalue weighted by Crippen LogP contribution is 2.20. The molecule has 0 aliphatic rings. The summed E-state index contributed by atoms with van der Waals surface area (Å²) in [6, 6.07) is 23.4. The molecule has 0 atom stereocenters. The Morgan fingerprint density at radius 1 is 0.867 bits per heavy atom. The first-order valence-electron chi connectivity index (χ1n) is 9.87. The Hall–Kier alpha value is -3.93. The second kappa shape index (κ2) is 9.52. The number of pyridine rings is 1. The molecule has 4 aromatic rings. The monoisotopic (exact) mass is 397 g/mol. The number of carbonyl (C=O) groups excluding carboxylic acids is 1. The topological polar surface area (TPSA) is 63.1 Å². The lowest BCUT2D eigenvalue weighted by Gasteiger charge is -2.24. The number of urea groups is 1. The summed E-state index contributed by atoms with van der Waals surface area (Å²) >= 11 is 0. The van der Waals surface area contributed by atoms with Crippen LogP contribution >= 0.6 is 0 Å². The van der Waals surface area contributed by atoms with Gasteiger partial charge in [0.05, 0.1) is 11.4 Å². The highest BCUT2D eigenvalue weighted by molar-refractivity contribution is 5.91. The summed E-state index contributed by atoms with van der Waals surface area (Å²) in [4.78, 5) is 19.1. The summed E-state index contributed by atoms with van der Waals surface area (Å²) in [6.45, 7) is 1.10. The van der Waals surface area contributed by atoms with Crippen LogP contribution in [0.4, 0.5) is 10.5 Å². The van der Waals surface area contributed by atoms with E-state index in [1.54, 1.807) is 23.3 Å². The van der Waals surface area contributed by atoms with Crippen LogP contribution in [-0.2, 0) is 13.0 Å². The van der Waals surface area contributed by atoms with Crippen molar-refractivity contribution in [1.82, 2.24) is 19.7 Å². The predicted molar refractivity (Wildman–Crippen MR) is 117 cm³/mol. The fourth-order valence-electron chi connectivity index (χ4n) is 3.25. The third kappa shape index (κ3) is 4.91. The average molecular weight is 397 g/mol. The fourth-order valence-corrected chi connectivity index (χ4v) is 3.25. The van der Waals surface area contributed by atoms with E-state index in [4.69, 9.17) is 0 Å². The smallest absolute Gasteiger partial charge is 0.320 e. The van der Waals surface area contributed by atoms with Gasteiger partial charge in [0, 0.05) is 37.9 Å². The molecule has 0 aliphatic heterocycles. The standard InChI is InChI=1S/C24H23N5O/c30-24(27-22-9-4-5-10-23(22)29-17-6-14-26-29)28(19-21-11-15-25-16-12-21)18-13-20-7-2-1-3-8-20/h1-12,14-17H,13,18-19H2,(H,27,30). The maximum Gasteiger partial charge on any atom is 0.322 e. The van der Waals surface area contributed by atoms with Crippen molar-refractivity contribution in [2.75, 3.05) is 11.9 Å². The third-order valence-corrected chi connectivity index (χ3v) is 4.82. The van der Waals surface area contributed by atoms with Crippen molar-refractivity contribution in [3.63, 3.8) is 0 Å². The first-order valence-corrected chi connectivity index (χ1v) is 9.87. The second-order valence-corrected chi connectivity index (χ2v) is 6.91. The number of anilines is 1. The molecule has 2 heterocycles. The molecule has 0 radical (unpaired) electrons. The van der Waals surface area contributed by atoms with Gasteiger partial charge in [0.2, 0.25) is 0 Å². The molecule has 0 fully saturated rings. The van der Waals surface area contributed by atoms with E-state index in [-0.39, 0.29) is 6.03 Å². The summed E-state index contributed by atoms with van der Waals surface area (Å²) < 4.78 is 1.74. The lowest BCUT2D eigenvalue weighted by molar-refractivity contribution is 0.210. The van der Waals surface area contributed by atoms with Crippen LogP contribution in [-0.4, -0.2) is 32.2 Å². The summed E-state index contributed by atoms with van der Waals surface area (Å²) in [5.74, 6) is 0. The molecule has 1 N–H and O–H groups in total. The maximum atomic E-state index is 13.2. The molecule has 0 bridgehead atoms. The molecule has 6 heteroatoms. The molecule has 30 heavy (non-hydrogen) atoms. The summed E-state index contributed by atoms with van der Waals surface area (Å²) in [7, 11) is 0. The zero-order valence-corrected chi connectivity index (χ0v) is 16.6. The van der Waals surface area contributed by atoms with Crippen molar-refractivity contribution in [2.45, 2.75) is 13.0 Å². The first-order chi connectivity index (χ1) is 14.8. The van der Waals surface area contributed by atoms with E-state index >= 15 is 0 Å². The largest absolute Gasteiger partial charge is 0.322 e. The number of hydrogen-bond acceptors (Lipinski definition) is 3. The zero-order chi connectivity index (χ0) is 20.6. The highest BCUT2D eigenvalue weighted by atomic mass is 16.2. The molecular weight excluding hydrogens is 374 g/mol. The van der Waals surface area contributed by atoms with E-state index < -0.39 is 0 Å². The molecule has 6 nitrogen and oxygen atoms in total. The Kier molecular flexibility index (Phi) is 6.15. The normalized spacial score (nSPS) is 10.5. The Morgan fingerprint density at radius 2 is 1.63 bits per heavy atom. The highest BCUT2D eigenvalue weighted by Gasteiger charge is 2.16. The van der Waals surface area contributed by atoms with Gasteiger partial charge in [-0.05, 0) is 47.9 Å². The van der Waals surface area contributed by atoms with Crippen LogP contribution in [0.3, 0.4) is 0 Å². The first kappa shape index (κ1) is 19.4. The van der Waals surface area contributed by atoms with E-state index in [9.17, 15) is 4.79 Å². The number of hydrogen-bond donors (Lipinski definition) is 1. The van der Waals surface area contributed by atoms with Crippen molar-refractivity contribution in [3.8, 4) is 5.69 Å². The lowest BCUT2D eigenvalue weighted by Crippen LogP contribution is -2.36. The maximum absolute atomic E-state index is 13.2. The van der Waals surface area contributed by atoms with Gasteiger partial charge in [0.15, 0.2) is 0 Å². The van der Waals surface area contributed by atoms with Gasteiger partial charge < -0.3 is 10.2 Å². The van der Waals surface area contributed by atoms with E-state index in [2.05, 4.69) is 27.5 Å². The summed E-state index contributed by atoms with van der Waals surface area (Å²) in [5.41, 5.74) is 3.77. The SMILES string of the molecule is O=C(Nc1ccccc1-n1cccn1)N(CCc1ccccc1)Cc1ccncc1. The number of aromatic nitrogens is 3. The molecule has 150 valence electrons. The minimum Gasteiger partial charge on any atom is -0.320 e. The van der Waals surface area contributed by atoms with Crippen LogP contribution in [0.2, 0.25) is 0 Å². The van der Waals surface area contributed by atoms with Gasteiger partial charge >= 0.3 is 6.03 Å². The molecule has 0 aliphatic carbocycles. The summed E-state index contributed by atoms with van der Waals surface area (Å²) in [5, 5.41) is 7.35. The number of carbonyl (C=O) groups is 1. The van der Waals surface area contributed by atoms with Crippen molar-refractivity contribution in [2.24, 2.45) is 0 Å². The van der Waals surface area contributed by atoms with Crippen LogP contribution in [0.25, 0.3) is 5.69 Å². The third-order valence-electron chi connectivity index (χ3n) is 4.82. The molecule has 4 rings (SSSR count). The Balaban J connectivity index is 1.53. The quantitative estimate of drug-likeness (QED) is 0.498. The summed E-state index contributed by atoms with van der Waals surface area (Å²) in [6.07, 6.45) is 7.84. The molecule has 0 saturated heterocycles. The Morgan fingerprint density at radius 3 is 2.40 bits per heavy atom. The Labute approximate surface area is 175 Å². The van der Waals surface area contributed by atoms with Crippen molar-refractivity contribution in [3.05, 3.63) is 109 Å². The van der Waals surface area contributed by atoms with Crippen molar-refractivity contribution in [1.29, 1.82) is 0 Å². The molecule has 2 amide bonds. The number of rotatable bonds is 7. The van der Waals surface area contributed by atoms with E-state index in [1.165, 1.54) is 5.56 Å². The van der Waals surface area contributed by atoms with Crippen LogP contribution < -0.4 is 5.32 Å². The Bertz CT molecular complexity index is 1070. The van der Waals surface area contributed by atoms with Crippen LogP contribution in [0.1, 0.15) is 11.1 Å². The molecule has 0 unspecified atom stereocenters. The van der Waals surface area contributed by atoms with Gasteiger partial charge in [-0.25, -0.2) is 9.48 Å². The van der Waals surface area contributed by atoms with Crippen molar-refractivity contribution < 1.29 is 4.79 Å². The van der Waals surface area contributed by atoms with Crippen molar-refractivity contribution >= 4 is 11.7 Å². The second-order valence-electron chi connectivity index (χ2n) is 6.91. The molecular formula is C24H23N5O. The number of benzene rings is 2. The number of amides is 2. The van der Waals surface area contributed by atoms with Crippen LogP contribution in [0, 0.1) is 0 Å². The number of nitrogens with zero attached hydrogens (tertiary/aromatic N) is 4. The van der Waals surface area contributed by atoms with Gasteiger partial charge in [-0.1, -0.05) is 42.5 Å². The fraction of sp³-hybridized carbons (Fsp3) is 0.125. The predicted octanol–water partition coefficient (Wildman–Crippen LogP) is 4.54. The molecule has 0 spiro atoms. The van der Waals surface area contributed by atoms with Crippen LogP contribution in [0.5, 0.6) is 0 Å². The van der Waals surface area contributed by atoms with E-state index in [0.29, 0.717) is 18.8 Å². The van der Waals surface area contributed by atoms with Gasteiger partial charge in [-0.2, -0.15) is 5.10 Å². The van der Waals surface area contributed by atoms with Gasteiger partial charge in [-0.3, -0.25) is 4.98 Å². The number of para-hydroxylation sites is 2. The minimum absolute atomic E-state index is 0.151. The van der Waals surface area contributed by atoms with E-state index in [0.717, 1.165) is 17.7 Å². The zero-order valence-electron chi connectivity index (χ0n) is 16.6. The molecule has 0 saturated carbocycles. The lowest BCUT2D eigenvalue weighted by atomic mass is 10.1. The van der Waals surface area contributed by atoms with Gasteiger partial charge in [-0.15, -0.1) is 0 Å². The minimum atomic E-state index is -0.151. The van der Waals surface area contributed by atoms with Gasteiger partial charge in [0.1, 0.15) is 0 Å². The van der Waals surface area contributed by atoms with Crippen LogP contribution in [0.15, 0.2) is 97.6 Å². The average Bonchev–Trinajstić information content (AvgIpc) is 3.33. The van der Waals surface area contributed by atoms with E-state index in [1.807, 2.05) is 71.8 Å². The molecule has 2 aromatic carbocycles. The number of nitrogens with one attached hydrogen (secondary N) is 1. The molecule has 2 aromatic heterocycles.